The SMILES string of the molecule is Cc1ccc(S(=O)(=O)NCCC(=O)NC(C)(C)C)c(C)c1N(C)S(C)(=O)=O. The zero-order valence-corrected chi connectivity index (χ0v) is 18.5. The lowest BCUT2D eigenvalue weighted by Gasteiger charge is -2.23. The number of sulfonamides is 2. The minimum absolute atomic E-state index is 0.00247. The maximum atomic E-state index is 12.6. The summed E-state index contributed by atoms with van der Waals surface area (Å²) in [5, 5.41) is 2.76. The molecule has 0 saturated carbocycles. The van der Waals surface area contributed by atoms with Crippen LogP contribution in [0.5, 0.6) is 0 Å². The molecule has 1 aromatic carbocycles. The summed E-state index contributed by atoms with van der Waals surface area (Å²) in [5.74, 6) is -0.261. The Bertz CT molecular complexity index is 917. The highest BCUT2D eigenvalue weighted by Gasteiger charge is 2.24. The number of rotatable bonds is 7. The number of benzene rings is 1. The average molecular weight is 420 g/mol. The molecule has 0 spiro atoms. The molecule has 0 radical (unpaired) electrons. The molecule has 0 heterocycles. The van der Waals surface area contributed by atoms with E-state index in [1.165, 1.54) is 13.1 Å². The number of anilines is 1. The van der Waals surface area contributed by atoms with Gasteiger partial charge in [-0.25, -0.2) is 21.6 Å². The molecule has 0 aliphatic rings. The number of aryl methyl sites for hydroxylation is 1. The number of hydrogen-bond donors (Lipinski definition) is 2. The average Bonchev–Trinajstić information content (AvgIpc) is 2.43. The van der Waals surface area contributed by atoms with Gasteiger partial charge in [0.2, 0.25) is 26.0 Å². The van der Waals surface area contributed by atoms with Crippen molar-refractivity contribution in [3.8, 4) is 0 Å². The molecular formula is C17H29N3O5S2. The van der Waals surface area contributed by atoms with Crippen molar-refractivity contribution >= 4 is 31.6 Å². The van der Waals surface area contributed by atoms with Crippen molar-refractivity contribution in [3.05, 3.63) is 23.3 Å². The minimum Gasteiger partial charge on any atom is -0.351 e. The molecule has 1 rings (SSSR count). The van der Waals surface area contributed by atoms with Crippen molar-refractivity contribution in [2.45, 2.75) is 51.5 Å². The fourth-order valence-corrected chi connectivity index (χ4v) is 4.50. The second kappa shape index (κ2) is 8.15. The van der Waals surface area contributed by atoms with Gasteiger partial charge >= 0.3 is 0 Å². The summed E-state index contributed by atoms with van der Waals surface area (Å²) in [6.45, 7) is 8.73. The number of carbonyl (C=O) groups excluding carboxylic acids is 1. The molecule has 1 aromatic rings. The Labute approximate surface area is 162 Å². The van der Waals surface area contributed by atoms with Crippen LogP contribution in [-0.4, -0.2) is 48.1 Å². The first-order valence-corrected chi connectivity index (χ1v) is 11.7. The van der Waals surface area contributed by atoms with Crippen LogP contribution in [0.25, 0.3) is 0 Å². The lowest BCUT2D eigenvalue weighted by Crippen LogP contribution is -2.42. The lowest BCUT2D eigenvalue weighted by atomic mass is 10.1. The smallest absolute Gasteiger partial charge is 0.240 e. The van der Waals surface area contributed by atoms with Gasteiger partial charge in [-0.15, -0.1) is 0 Å². The predicted molar refractivity (Wildman–Crippen MR) is 107 cm³/mol. The quantitative estimate of drug-likeness (QED) is 0.691. The van der Waals surface area contributed by atoms with Gasteiger partial charge in [-0.2, -0.15) is 0 Å². The number of nitrogens with zero attached hydrogens (tertiary/aromatic N) is 1. The summed E-state index contributed by atoms with van der Waals surface area (Å²) in [5.41, 5.74) is 0.901. The second-order valence-electron chi connectivity index (χ2n) is 7.53. The van der Waals surface area contributed by atoms with Crippen molar-refractivity contribution in [1.82, 2.24) is 10.0 Å². The fourth-order valence-electron chi connectivity index (χ4n) is 2.62. The molecule has 0 bridgehead atoms. The Morgan fingerprint density at radius 3 is 2.15 bits per heavy atom. The van der Waals surface area contributed by atoms with E-state index < -0.39 is 25.6 Å². The van der Waals surface area contributed by atoms with Crippen LogP contribution < -0.4 is 14.3 Å². The van der Waals surface area contributed by atoms with Crippen LogP contribution in [0.3, 0.4) is 0 Å². The van der Waals surface area contributed by atoms with Crippen LogP contribution in [0.1, 0.15) is 38.3 Å². The molecular weight excluding hydrogens is 390 g/mol. The van der Waals surface area contributed by atoms with Crippen molar-refractivity contribution in [3.63, 3.8) is 0 Å². The molecule has 10 heteroatoms. The number of amides is 1. The van der Waals surface area contributed by atoms with Gasteiger partial charge in [0.25, 0.3) is 0 Å². The van der Waals surface area contributed by atoms with E-state index in [1.54, 1.807) is 19.9 Å². The number of hydrogen-bond acceptors (Lipinski definition) is 5. The van der Waals surface area contributed by atoms with E-state index in [0.717, 1.165) is 10.6 Å². The van der Waals surface area contributed by atoms with Crippen LogP contribution in [-0.2, 0) is 24.8 Å². The van der Waals surface area contributed by atoms with Crippen molar-refractivity contribution in [1.29, 1.82) is 0 Å². The van der Waals surface area contributed by atoms with Gasteiger partial charge in [0.05, 0.1) is 16.8 Å². The minimum atomic E-state index is -3.90. The highest BCUT2D eigenvalue weighted by molar-refractivity contribution is 7.92. The summed E-state index contributed by atoms with van der Waals surface area (Å²) in [6.07, 6.45) is 1.05. The number of nitrogens with one attached hydrogen (secondary N) is 2. The zero-order chi connectivity index (χ0) is 21.2. The van der Waals surface area contributed by atoms with E-state index in [2.05, 4.69) is 10.0 Å². The van der Waals surface area contributed by atoms with Crippen LogP contribution in [0.15, 0.2) is 17.0 Å². The maximum Gasteiger partial charge on any atom is 0.240 e. The summed E-state index contributed by atoms with van der Waals surface area (Å²) in [6, 6.07) is 2.99. The maximum absolute atomic E-state index is 12.6. The topological polar surface area (TPSA) is 113 Å². The van der Waals surface area contributed by atoms with E-state index in [9.17, 15) is 21.6 Å². The third-order valence-corrected chi connectivity index (χ3v) is 6.63. The first kappa shape index (κ1) is 23.4. The van der Waals surface area contributed by atoms with Gasteiger partial charge in [-0.05, 0) is 51.8 Å². The third-order valence-electron chi connectivity index (χ3n) is 3.84. The first-order valence-electron chi connectivity index (χ1n) is 8.41. The Morgan fingerprint density at radius 2 is 1.67 bits per heavy atom. The molecule has 0 fully saturated rings. The van der Waals surface area contributed by atoms with Crippen molar-refractivity contribution in [2.24, 2.45) is 0 Å². The first-order chi connectivity index (χ1) is 12.1. The second-order valence-corrected chi connectivity index (χ2v) is 11.3. The molecule has 0 unspecified atom stereocenters. The zero-order valence-electron chi connectivity index (χ0n) is 16.9. The lowest BCUT2D eigenvalue weighted by molar-refractivity contribution is -0.122. The standard InChI is InChI=1S/C17H29N3O5S2/c1-12-8-9-14(13(2)16(12)20(6)26(7,22)23)27(24,25)18-11-10-15(21)19-17(3,4)5/h8-9,18H,10-11H2,1-7H3,(H,19,21). The molecule has 27 heavy (non-hydrogen) atoms. The number of carbonyl (C=O) groups is 1. The largest absolute Gasteiger partial charge is 0.351 e. The van der Waals surface area contributed by atoms with Gasteiger partial charge in [0.1, 0.15) is 0 Å². The van der Waals surface area contributed by atoms with Gasteiger partial charge in [-0.1, -0.05) is 6.07 Å². The normalized spacial score (nSPS) is 12.7. The van der Waals surface area contributed by atoms with E-state index in [1.807, 2.05) is 20.8 Å². The molecule has 0 aliphatic carbocycles. The van der Waals surface area contributed by atoms with Gasteiger partial charge in [0.15, 0.2) is 0 Å². The van der Waals surface area contributed by atoms with Crippen LogP contribution >= 0.6 is 0 Å². The predicted octanol–water partition coefficient (Wildman–Crippen LogP) is 1.28. The van der Waals surface area contributed by atoms with E-state index in [-0.39, 0.29) is 23.8 Å². The molecule has 2 N–H and O–H groups in total. The molecule has 0 aromatic heterocycles. The highest BCUT2D eigenvalue weighted by Crippen LogP contribution is 2.30. The Hall–Kier alpha value is -1.65. The molecule has 0 atom stereocenters. The highest BCUT2D eigenvalue weighted by atomic mass is 32.2. The Kier molecular flexibility index (Phi) is 7.06. The summed E-state index contributed by atoms with van der Waals surface area (Å²) < 4.78 is 52.5. The molecule has 0 saturated heterocycles. The van der Waals surface area contributed by atoms with Gasteiger partial charge in [-0.3, -0.25) is 9.10 Å². The van der Waals surface area contributed by atoms with Crippen LogP contribution in [0.4, 0.5) is 5.69 Å². The van der Waals surface area contributed by atoms with Crippen molar-refractivity contribution < 1.29 is 21.6 Å². The molecule has 0 aliphatic heterocycles. The third kappa shape index (κ3) is 6.47. The Morgan fingerprint density at radius 1 is 1.11 bits per heavy atom. The van der Waals surface area contributed by atoms with Crippen molar-refractivity contribution in [2.75, 3.05) is 24.2 Å². The van der Waals surface area contributed by atoms with Gasteiger partial charge < -0.3 is 5.32 Å². The fraction of sp³-hybridized carbons (Fsp3) is 0.588. The summed E-state index contributed by atoms with van der Waals surface area (Å²) in [4.78, 5) is 11.8. The molecule has 1 amide bonds. The van der Waals surface area contributed by atoms with E-state index in [0.29, 0.717) is 16.8 Å². The summed E-state index contributed by atoms with van der Waals surface area (Å²) in [7, 11) is -6.06. The molecule has 154 valence electrons. The Balaban J connectivity index is 3.07. The van der Waals surface area contributed by atoms with E-state index in [4.69, 9.17) is 0 Å². The van der Waals surface area contributed by atoms with Gasteiger partial charge in [0, 0.05) is 25.6 Å². The molecule has 8 nitrogen and oxygen atoms in total. The van der Waals surface area contributed by atoms with Crippen LogP contribution in [0.2, 0.25) is 0 Å². The van der Waals surface area contributed by atoms with Crippen LogP contribution in [0, 0.1) is 13.8 Å². The summed E-state index contributed by atoms with van der Waals surface area (Å²) >= 11 is 0. The monoisotopic (exact) mass is 419 g/mol. The van der Waals surface area contributed by atoms with E-state index >= 15 is 0 Å².